The lowest BCUT2D eigenvalue weighted by Crippen LogP contribution is -1.95. The number of aromatic nitrogens is 2. The van der Waals surface area contributed by atoms with Crippen LogP contribution in [0.15, 0.2) is 36.7 Å². The standard InChI is InChI=1S/C13H14FN3/c1-2-3-10-4-6-11(7-5-10)17-13-8-12(14)15-9-16-13/h4-9H,2-3H2,1H3,(H,15,16,17). The van der Waals surface area contributed by atoms with Crippen molar-refractivity contribution < 1.29 is 4.39 Å². The van der Waals surface area contributed by atoms with Gasteiger partial charge in [0.15, 0.2) is 0 Å². The van der Waals surface area contributed by atoms with Crippen molar-refractivity contribution in [2.24, 2.45) is 0 Å². The number of nitrogens with one attached hydrogen (secondary N) is 1. The van der Waals surface area contributed by atoms with Crippen molar-refractivity contribution in [3.05, 3.63) is 48.2 Å². The van der Waals surface area contributed by atoms with E-state index in [0.717, 1.165) is 18.5 Å². The first kappa shape index (κ1) is 11.5. The van der Waals surface area contributed by atoms with Crippen LogP contribution in [0.1, 0.15) is 18.9 Å². The Kier molecular flexibility index (Phi) is 3.65. The molecule has 0 radical (unpaired) electrons. The van der Waals surface area contributed by atoms with Gasteiger partial charge in [0.25, 0.3) is 0 Å². The van der Waals surface area contributed by atoms with Gasteiger partial charge in [-0.2, -0.15) is 4.39 Å². The summed E-state index contributed by atoms with van der Waals surface area (Å²) in [6.45, 7) is 2.15. The van der Waals surface area contributed by atoms with Crippen LogP contribution in [0, 0.1) is 5.95 Å². The molecule has 1 aromatic carbocycles. The van der Waals surface area contributed by atoms with E-state index < -0.39 is 5.95 Å². The van der Waals surface area contributed by atoms with Crippen LogP contribution in [0.3, 0.4) is 0 Å². The van der Waals surface area contributed by atoms with Crippen molar-refractivity contribution in [1.29, 1.82) is 0 Å². The second kappa shape index (κ2) is 5.39. The summed E-state index contributed by atoms with van der Waals surface area (Å²) >= 11 is 0. The molecular formula is C13H14FN3. The molecule has 3 nitrogen and oxygen atoms in total. The molecular weight excluding hydrogens is 217 g/mol. The van der Waals surface area contributed by atoms with E-state index in [9.17, 15) is 4.39 Å². The topological polar surface area (TPSA) is 37.8 Å². The number of hydrogen-bond donors (Lipinski definition) is 1. The number of halogens is 1. The third-order valence-corrected chi connectivity index (χ3v) is 2.40. The molecule has 0 amide bonds. The molecule has 0 bridgehead atoms. The molecule has 4 heteroatoms. The van der Waals surface area contributed by atoms with Crippen molar-refractivity contribution in [2.75, 3.05) is 5.32 Å². The fourth-order valence-electron chi connectivity index (χ4n) is 1.59. The summed E-state index contributed by atoms with van der Waals surface area (Å²) in [6, 6.07) is 9.31. The number of anilines is 2. The second-order valence-electron chi connectivity index (χ2n) is 3.80. The number of nitrogens with zero attached hydrogens (tertiary/aromatic N) is 2. The van der Waals surface area contributed by atoms with Gasteiger partial charge in [0, 0.05) is 11.8 Å². The van der Waals surface area contributed by atoms with Gasteiger partial charge < -0.3 is 5.32 Å². The number of aryl methyl sites for hydroxylation is 1. The Morgan fingerprint density at radius 1 is 1.18 bits per heavy atom. The van der Waals surface area contributed by atoms with E-state index in [-0.39, 0.29) is 0 Å². The lowest BCUT2D eigenvalue weighted by molar-refractivity contribution is 0.580. The molecule has 0 saturated carbocycles. The summed E-state index contributed by atoms with van der Waals surface area (Å²) in [5, 5.41) is 3.02. The molecule has 0 aliphatic rings. The molecule has 0 unspecified atom stereocenters. The van der Waals surface area contributed by atoms with E-state index in [0.29, 0.717) is 5.82 Å². The SMILES string of the molecule is CCCc1ccc(Nc2cc(F)ncn2)cc1. The largest absolute Gasteiger partial charge is 0.340 e. The van der Waals surface area contributed by atoms with Crippen LogP contribution in [-0.2, 0) is 6.42 Å². The molecule has 88 valence electrons. The van der Waals surface area contributed by atoms with Gasteiger partial charge in [-0.3, -0.25) is 0 Å². The Hall–Kier alpha value is -1.97. The van der Waals surface area contributed by atoms with E-state index in [4.69, 9.17) is 0 Å². The van der Waals surface area contributed by atoms with Crippen LogP contribution in [-0.4, -0.2) is 9.97 Å². The Labute approximate surface area is 99.7 Å². The highest BCUT2D eigenvalue weighted by atomic mass is 19.1. The van der Waals surface area contributed by atoms with E-state index in [2.05, 4.69) is 34.3 Å². The summed E-state index contributed by atoms with van der Waals surface area (Å²) < 4.78 is 12.8. The normalized spacial score (nSPS) is 10.2. The summed E-state index contributed by atoms with van der Waals surface area (Å²) in [5.41, 5.74) is 2.19. The predicted octanol–water partition coefficient (Wildman–Crippen LogP) is 3.31. The highest BCUT2D eigenvalue weighted by Gasteiger charge is 1.98. The molecule has 0 atom stereocenters. The van der Waals surface area contributed by atoms with Gasteiger partial charge in [0.1, 0.15) is 12.1 Å². The van der Waals surface area contributed by atoms with Crippen LogP contribution in [0.2, 0.25) is 0 Å². The first-order valence-electron chi connectivity index (χ1n) is 5.61. The first-order chi connectivity index (χ1) is 8.28. The molecule has 1 N–H and O–H groups in total. The fourth-order valence-corrected chi connectivity index (χ4v) is 1.59. The third-order valence-electron chi connectivity index (χ3n) is 2.40. The lowest BCUT2D eigenvalue weighted by atomic mass is 10.1. The molecule has 1 heterocycles. The van der Waals surface area contributed by atoms with Gasteiger partial charge in [0.2, 0.25) is 5.95 Å². The smallest absolute Gasteiger partial charge is 0.218 e. The highest BCUT2D eigenvalue weighted by Crippen LogP contribution is 2.15. The van der Waals surface area contributed by atoms with Crippen molar-refractivity contribution in [1.82, 2.24) is 9.97 Å². The van der Waals surface area contributed by atoms with Crippen LogP contribution in [0.4, 0.5) is 15.9 Å². The summed E-state index contributed by atoms with van der Waals surface area (Å²) in [4.78, 5) is 7.33. The van der Waals surface area contributed by atoms with Gasteiger partial charge >= 0.3 is 0 Å². The molecule has 2 rings (SSSR count). The molecule has 17 heavy (non-hydrogen) atoms. The Morgan fingerprint density at radius 3 is 2.59 bits per heavy atom. The molecule has 0 aliphatic heterocycles. The first-order valence-corrected chi connectivity index (χ1v) is 5.61. The van der Waals surface area contributed by atoms with Crippen LogP contribution < -0.4 is 5.32 Å². The average molecular weight is 231 g/mol. The van der Waals surface area contributed by atoms with Crippen molar-refractivity contribution in [3.8, 4) is 0 Å². The zero-order valence-corrected chi connectivity index (χ0v) is 9.65. The van der Waals surface area contributed by atoms with Crippen LogP contribution in [0.5, 0.6) is 0 Å². The number of rotatable bonds is 4. The van der Waals surface area contributed by atoms with Crippen molar-refractivity contribution in [2.45, 2.75) is 19.8 Å². The van der Waals surface area contributed by atoms with Crippen LogP contribution in [0.25, 0.3) is 0 Å². The van der Waals surface area contributed by atoms with Gasteiger partial charge in [-0.15, -0.1) is 0 Å². The van der Waals surface area contributed by atoms with Gasteiger partial charge in [-0.1, -0.05) is 25.5 Å². The highest BCUT2D eigenvalue weighted by molar-refractivity contribution is 5.55. The minimum atomic E-state index is -0.537. The Bertz CT molecular complexity index is 482. The van der Waals surface area contributed by atoms with Crippen LogP contribution >= 0.6 is 0 Å². The number of benzene rings is 1. The van der Waals surface area contributed by atoms with Crippen molar-refractivity contribution in [3.63, 3.8) is 0 Å². The average Bonchev–Trinajstić information content (AvgIpc) is 2.32. The van der Waals surface area contributed by atoms with E-state index in [1.165, 1.54) is 18.0 Å². The van der Waals surface area contributed by atoms with Gasteiger partial charge in [-0.25, -0.2) is 9.97 Å². The Balaban J connectivity index is 2.08. The molecule has 0 saturated heterocycles. The maximum absolute atomic E-state index is 12.8. The van der Waals surface area contributed by atoms with Gasteiger partial charge in [0.05, 0.1) is 0 Å². The van der Waals surface area contributed by atoms with E-state index in [1.807, 2.05) is 12.1 Å². The zero-order chi connectivity index (χ0) is 12.1. The van der Waals surface area contributed by atoms with E-state index in [1.54, 1.807) is 0 Å². The minimum Gasteiger partial charge on any atom is -0.340 e. The molecule has 0 aliphatic carbocycles. The fraction of sp³-hybridized carbons (Fsp3) is 0.231. The third kappa shape index (κ3) is 3.24. The van der Waals surface area contributed by atoms with Crippen molar-refractivity contribution >= 4 is 11.5 Å². The maximum atomic E-state index is 12.8. The zero-order valence-electron chi connectivity index (χ0n) is 9.65. The quantitative estimate of drug-likeness (QED) is 0.820. The monoisotopic (exact) mass is 231 g/mol. The van der Waals surface area contributed by atoms with Gasteiger partial charge in [-0.05, 0) is 24.1 Å². The van der Waals surface area contributed by atoms with E-state index >= 15 is 0 Å². The Morgan fingerprint density at radius 2 is 1.94 bits per heavy atom. The molecule has 0 spiro atoms. The summed E-state index contributed by atoms with van der Waals surface area (Å²) in [6.07, 6.45) is 3.40. The predicted molar refractivity (Wildman–Crippen MR) is 65.7 cm³/mol. The molecule has 2 aromatic rings. The summed E-state index contributed by atoms with van der Waals surface area (Å²) in [5.74, 6) is -0.0779. The molecule has 1 aromatic heterocycles. The minimum absolute atomic E-state index is 0.459. The summed E-state index contributed by atoms with van der Waals surface area (Å²) in [7, 11) is 0. The second-order valence-corrected chi connectivity index (χ2v) is 3.80. The number of hydrogen-bond acceptors (Lipinski definition) is 3. The molecule has 0 fully saturated rings. The maximum Gasteiger partial charge on any atom is 0.218 e. The lowest BCUT2D eigenvalue weighted by Gasteiger charge is -2.06.